The molecule has 1 aromatic carbocycles. The first kappa shape index (κ1) is 21.9. The Morgan fingerprint density at radius 3 is 2.65 bits per heavy atom. The molecule has 2 aromatic heterocycles. The van der Waals surface area contributed by atoms with Gasteiger partial charge in [0.1, 0.15) is 0 Å². The maximum Gasteiger partial charge on any atom is 0.233 e. The highest BCUT2D eigenvalue weighted by Crippen LogP contribution is 2.30. The van der Waals surface area contributed by atoms with E-state index in [1.807, 2.05) is 13.0 Å². The van der Waals surface area contributed by atoms with E-state index < -0.39 is 0 Å². The highest BCUT2D eigenvalue weighted by Gasteiger charge is 2.24. The molecular weight excluding hydrogens is 426 g/mol. The van der Waals surface area contributed by atoms with Gasteiger partial charge in [-0.2, -0.15) is 0 Å². The minimum absolute atomic E-state index is 0.0273. The number of benzene rings is 1. The van der Waals surface area contributed by atoms with E-state index in [4.69, 9.17) is 0 Å². The van der Waals surface area contributed by atoms with Crippen LogP contribution in [0.5, 0.6) is 0 Å². The standard InChI is InChI=1S/C23H29N5OS2/c1-17-8-10-19(11-9-17)28-22(27-14-4-3-5-15-27)25-26-23(28)31-18(2)21(29)24-13-12-20-7-6-16-30-20/h6-11,16,18H,3-5,12-15H2,1-2H3,(H,24,29). The fourth-order valence-electron chi connectivity index (χ4n) is 3.68. The van der Waals surface area contributed by atoms with Crippen LogP contribution in [0.4, 0.5) is 5.95 Å². The van der Waals surface area contributed by atoms with Gasteiger partial charge in [0, 0.05) is 24.5 Å². The molecule has 3 aromatic rings. The van der Waals surface area contributed by atoms with E-state index in [1.165, 1.54) is 41.5 Å². The Bertz CT molecular complexity index is 978. The minimum atomic E-state index is -0.258. The summed E-state index contributed by atoms with van der Waals surface area (Å²) in [5, 5.41) is 14.6. The lowest BCUT2D eigenvalue weighted by Gasteiger charge is -2.28. The van der Waals surface area contributed by atoms with Crippen LogP contribution >= 0.6 is 23.1 Å². The number of nitrogens with one attached hydrogen (secondary N) is 1. The molecule has 0 radical (unpaired) electrons. The molecule has 164 valence electrons. The Balaban J connectivity index is 1.49. The van der Waals surface area contributed by atoms with Gasteiger partial charge in [0.2, 0.25) is 11.9 Å². The molecule has 8 heteroatoms. The molecule has 1 atom stereocenters. The minimum Gasteiger partial charge on any atom is -0.355 e. The van der Waals surface area contributed by atoms with Gasteiger partial charge in [0.05, 0.1) is 10.9 Å². The molecule has 3 heterocycles. The van der Waals surface area contributed by atoms with Gasteiger partial charge in [-0.15, -0.1) is 21.5 Å². The zero-order chi connectivity index (χ0) is 21.6. The Hall–Kier alpha value is -2.32. The lowest BCUT2D eigenvalue weighted by atomic mass is 10.1. The van der Waals surface area contributed by atoms with E-state index in [0.717, 1.165) is 36.3 Å². The van der Waals surface area contributed by atoms with Crippen molar-refractivity contribution in [3.63, 3.8) is 0 Å². The van der Waals surface area contributed by atoms with Gasteiger partial charge in [0.15, 0.2) is 5.16 Å². The van der Waals surface area contributed by atoms with Gasteiger partial charge in [-0.25, -0.2) is 0 Å². The van der Waals surface area contributed by atoms with Gasteiger partial charge in [0.25, 0.3) is 0 Å². The third-order valence-corrected chi connectivity index (χ3v) is 7.43. The summed E-state index contributed by atoms with van der Waals surface area (Å²) in [6, 6.07) is 12.5. The van der Waals surface area contributed by atoms with E-state index >= 15 is 0 Å². The number of thiophene rings is 1. The Morgan fingerprint density at radius 1 is 1.16 bits per heavy atom. The molecular formula is C23H29N5OS2. The predicted molar refractivity (Wildman–Crippen MR) is 129 cm³/mol. The Morgan fingerprint density at radius 2 is 1.94 bits per heavy atom. The second-order valence-electron chi connectivity index (χ2n) is 7.88. The van der Waals surface area contributed by atoms with Gasteiger partial charge < -0.3 is 10.2 Å². The number of piperidine rings is 1. The van der Waals surface area contributed by atoms with Gasteiger partial charge in [-0.1, -0.05) is 35.5 Å². The van der Waals surface area contributed by atoms with Gasteiger partial charge in [-0.05, 0) is 63.1 Å². The first-order chi connectivity index (χ1) is 15.1. The van der Waals surface area contributed by atoms with Crippen molar-refractivity contribution in [1.82, 2.24) is 20.1 Å². The topological polar surface area (TPSA) is 63.1 Å². The van der Waals surface area contributed by atoms with Crippen molar-refractivity contribution in [2.24, 2.45) is 0 Å². The van der Waals surface area contributed by atoms with E-state index in [-0.39, 0.29) is 11.2 Å². The highest BCUT2D eigenvalue weighted by atomic mass is 32.2. The van der Waals surface area contributed by atoms with E-state index in [1.54, 1.807) is 11.3 Å². The summed E-state index contributed by atoms with van der Waals surface area (Å²) in [5.74, 6) is 0.899. The number of carbonyl (C=O) groups is 1. The van der Waals surface area contributed by atoms with E-state index in [2.05, 4.69) is 67.6 Å². The second-order valence-corrected chi connectivity index (χ2v) is 10.2. The van der Waals surface area contributed by atoms with Crippen molar-refractivity contribution in [2.45, 2.75) is 49.9 Å². The van der Waals surface area contributed by atoms with Crippen molar-refractivity contribution < 1.29 is 4.79 Å². The summed E-state index contributed by atoms with van der Waals surface area (Å²) in [7, 11) is 0. The summed E-state index contributed by atoms with van der Waals surface area (Å²) in [5.41, 5.74) is 2.24. The van der Waals surface area contributed by atoms with Crippen LogP contribution in [-0.2, 0) is 11.2 Å². The molecule has 31 heavy (non-hydrogen) atoms. The molecule has 1 amide bonds. The molecule has 1 aliphatic rings. The van der Waals surface area contributed by atoms with Crippen molar-refractivity contribution in [3.8, 4) is 5.69 Å². The average molecular weight is 456 g/mol. The molecule has 0 spiro atoms. The molecule has 4 rings (SSSR count). The summed E-state index contributed by atoms with van der Waals surface area (Å²) in [6.45, 7) is 6.65. The van der Waals surface area contributed by atoms with Gasteiger partial charge in [-0.3, -0.25) is 9.36 Å². The zero-order valence-corrected chi connectivity index (χ0v) is 19.7. The highest BCUT2D eigenvalue weighted by molar-refractivity contribution is 8.00. The fraction of sp³-hybridized carbons (Fsp3) is 0.435. The summed E-state index contributed by atoms with van der Waals surface area (Å²) >= 11 is 3.18. The van der Waals surface area contributed by atoms with E-state index in [9.17, 15) is 4.79 Å². The molecule has 0 saturated carbocycles. The van der Waals surface area contributed by atoms with Crippen molar-refractivity contribution in [2.75, 3.05) is 24.5 Å². The molecule has 1 fully saturated rings. The molecule has 1 saturated heterocycles. The van der Waals surface area contributed by atoms with E-state index in [0.29, 0.717) is 6.54 Å². The van der Waals surface area contributed by atoms with Crippen LogP contribution in [0, 0.1) is 6.92 Å². The number of hydrogen-bond donors (Lipinski definition) is 1. The van der Waals surface area contributed by atoms with Crippen LogP contribution < -0.4 is 10.2 Å². The smallest absolute Gasteiger partial charge is 0.233 e. The van der Waals surface area contributed by atoms with Gasteiger partial charge >= 0.3 is 0 Å². The number of hydrogen-bond acceptors (Lipinski definition) is 6. The Labute approximate surface area is 192 Å². The summed E-state index contributed by atoms with van der Waals surface area (Å²) in [6.07, 6.45) is 4.47. The third-order valence-electron chi connectivity index (χ3n) is 5.45. The average Bonchev–Trinajstić information content (AvgIpc) is 3.45. The lowest BCUT2D eigenvalue weighted by Crippen LogP contribution is -2.33. The van der Waals surface area contributed by atoms with Crippen LogP contribution in [0.1, 0.15) is 36.6 Å². The van der Waals surface area contributed by atoms with Crippen LogP contribution in [0.15, 0.2) is 46.9 Å². The normalized spacial score (nSPS) is 15.1. The van der Waals surface area contributed by atoms with Crippen LogP contribution in [0.25, 0.3) is 5.69 Å². The number of aryl methyl sites for hydroxylation is 1. The number of nitrogens with zero attached hydrogens (tertiary/aromatic N) is 4. The quantitative estimate of drug-likeness (QED) is 0.508. The zero-order valence-electron chi connectivity index (χ0n) is 18.1. The first-order valence-electron chi connectivity index (χ1n) is 10.9. The molecule has 1 aliphatic heterocycles. The monoisotopic (exact) mass is 455 g/mol. The molecule has 0 bridgehead atoms. The lowest BCUT2D eigenvalue weighted by molar-refractivity contribution is -0.120. The van der Waals surface area contributed by atoms with Crippen molar-refractivity contribution in [3.05, 3.63) is 52.2 Å². The molecule has 1 unspecified atom stereocenters. The van der Waals surface area contributed by atoms with Crippen LogP contribution in [0.2, 0.25) is 0 Å². The third kappa shape index (κ3) is 5.49. The summed E-state index contributed by atoms with van der Waals surface area (Å²) in [4.78, 5) is 16.3. The predicted octanol–water partition coefficient (Wildman–Crippen LogP) is 4.47. The number of rotatable bonds is 8. The van der Waals surface area contributed by atoms with Crippen molar-refractivity contribution in [1.29, 1.82) is 0 Å². The maximum absolute atomic E-state index is 12.7. The van der Waals surface area contributed by atoms with Crippen molar-refractivity contribution >= 4 is 35.0 Å². The largest absolute Gasteiger partial charge is 0.355 e. The number of aromatic nitrogens is 3. The number of anilines is 1. The number of carbonyl (C=O) groups excluding carboxylic acids is 1. The summed E-state index contributed by atoms with van der Waals surface area (Å²) < 4.78 is 2.10. The number of thioether (sulfide) groups is 1. The second kappa shape index (κ2) is 10.3. The number of amides is 1. The molecule has 1 N–H and O–H groups in total. The maximum atomic E-state index is 12.7. The van der Waals surface area contributed by atoms with Crippen LogP contribution in [0.3, 0.4) is 0 Å². The van der Waals surface area contributed by atoms with Crippen LogP contribution in [-0.4, -0.2) is 45.6 Å². The fourth-order valence-corrected chi connectivity index (χ4v) is 5.27. The molecule has 6 nitrogen and oxygen atoms in total. The molecule has 0 aliphatic carbocycles. The first-order valence-corrected chi connectivity index (χ1v) is 12.6. The SMILES string of the molecule is Cc1ccc(-n2c(SC(C)C(=O)NCCc3cccs3)nnc2N2CCCCC2)cc1. The Kier molecular flexibility index (Phi) is 7.29.